The summed E-state index contributed by atoms with van der Waals surface area (Å²) in [6, 6.07) is 4.17. The highest BCUT2D eigenvalue weighted by Crippen LogP contribution is 2.33. The molecule has 0 bridgehead atoms. The van der Waals surface area contributed by atoms with Crippen LogP contribution in [0.15, 0.2) is 12.1 Å². The fourth-order valence-corrected chi connectivity index (χ4v) is 2.17. The van der Waals surface area contributed by atoms with E-state index in [2.05, 4.69) is 31.9 Å². The zero-order valence-corrected chi connectivity index (χ0v) is 12.2. The number of hydrogen-bond acceptors (Lipinski definition) is 3. The highest BCUT2D eigenvalue weighted by molar-refractivity contribution is 5.55. The standard InChI is InChI=1S/C15H21N3O/c1-6-12-14(16)15(18(5)17-12)19-13-8-9(2)7-10(3)11(13)4/h7-8H,6,16H2,1-5H3. The molecule has 0 radical (unpaired) electrons. The van der Waals surface area contributed by atoms with Crippen LogP contribution in [0.1, 0.15) is 29.3 Å². The fourth-order valence-electron chi connectivity index (χ4n) is 2.17. The van der Waals surface area contributed by atoms with E-state index in [1.807, 2.05) is 20.0 Å². The summed E-state index contributed by atoms with van der Waals surface area (Å²) in [4.78, 5) is 0. The highest BCUT2D eigenvalue weighted by Gasteiger charge is 2.15. The van der Waals surface area contributed by atoms with Gasteiger partial charge in [0.05, 0.1) is 5.69 Å². The van der Waals surface area contributed by atoms with E-state index < -0.39 is 0 Å². The molecular weight excluding hydrogens is 238 g/mol. The minimum atomic E-state index is 0.616. The molecule has 1 heterocycles. The molecule has 2 aromatic rings. The Labute approximate surface area is 114 Å². The van der Waals surface area contributed by atoms with Crippen LogP contribution in [-0.4, -0.2) is 9.78 Å². The van der Waals surface area contributed by atoms with Gasteiger partial charge in [0.1, 0.15) is 11.4 Å². The minimum absolute atomic E-state index is 0.616. The van der Waals surface area contributed by atoms with Gasteiger partial charge in [0.2, 0.25) is 5.88 Å². The molecule has 102 valence electrons. The Morgan fingerprint density at radius 2 is 1.95 bits per heavy atom. The molecular formula is C15H21N3O. The molecule has 0 aliphatic rings. The first kappa shape index (κ1) is 13.5. The Hall–Kier alpha value is -1.97. The summed E-state index contributed by atoms with van der Waals surface area (Å²) in [6.45, 7) is 8.23. The van der Waals surface area contributed by atoms with Gasteiger partial charge >= 0.3 is 0 Å². The average molecular weight is 259 g/mol. The predicted octanol–water partition coefficient (Wildman–Crippen LogP) is 3.28. The van der Waals surface area contributed by atoms with Gasteiger partial charge in [-0.25, -0.2) is 4.68 Å². The van der Waals surface area contributed by atoms with Crippen LogP contribution in [0.4, 0.5) is 5.69 Å². The van der Waals surface area contributed by atoms with E-state index in [4.69, 9.17) is 10.5 Å². The number of anilines is 1. The third-order valence-corrected chi connectivity index (χ3v) is 3.41. The first-order valence-electron chi connectivity index (χ1n) is 6.51. The van der Waals surface area contributed by atoms with Crippen LogP contribution in [0.5, 0.6) is 11.6 Å². The maximum absolute atomic E-state index is 6.08. The molecule has 0 aliphatic heterocycles. The Morgan fingerprint density at radius 1 is 1.26 bits per heavy atom. The molecule has 0 fully saturated rings. The predicted molar refractivity (Wildman–Crippen MR) is 77.7 cm³/mol. The summed E-state index contributed by atoms with van der Waals surface area (Å²) in [6.07, 6.45) is 0.800. The fraction of sp³-hybridized carbons (Fsp3) is 0.400. The summed E-state index contributed by atoms with van der Waals surface area (Å²) in [5.41, 5.74) is 11.1. The third-order valence-electron chi connectivity index (χ3n) is 3.41. The van der Waals surface area contributed by atoms with Gasteiger partial charge in [-0.05, 0) is 49.9 Å². The van der Waals surface area contributed by atoms with Gasteiger partial charge in [-0.15, -0.1) is 0 Å². The van der Waals surface area contributed by atoms with Crippen LogP contribution in [-0.2, 0) is 13.5 Å². The van der Waals surface area contributed by atoms with Crippen LogP contribution in [0.2, 0.25) is 0 Å². The quantitative estimate of drug-likeness (QED) is 0.920. The van der Waals surface area contributed by atoms with Crippen LogP contribution in [0.3, 0.4) is 0 Å². The van der Waals surface area contributed by atoms with Gasteiger partial charge < -0.3 is 10.5 Å². The molecule has 2 N–H and O–H groups in total. The molecule has 0 aliphatic carbocycles. The highest BCUT2D eigenvalue weighted by atomic mass is 16.5. The Morgan fingerprint density at radius 3 is 2.53 bits per heavy atom. The zero-order chi connectivity index (χ0) is 14.2. The van der Waals surface area contributed by atoms with Gasteiger partial charge in [0, 0.05) is 7.05 Å². The molecule has 1 aromatic carbocycles. The average Bonchev–Trinajstić information content (AvgIpc) is 2.62. The molecule has 0 saturated carbocycles. The lowest BCUT2D eigenvalue weighted by Gasteiger charge is -2.12. The molecule has 4 nitrogen and oxygen atoms in total. The van der Waals surface area contributed by atoms with Crippen molar-refractivity contribution < 1.29 is 4.74 Å². The topological polar surface area (TPSA) is 53.1 Å². The maximum Gasteiger partial charge on any atom is 0.241 e. The van der Waals surface area contributed by atoms with E-state index in [9.17, 15) is 0 Å². The van der Waals surface area contributed by atoms with Crippen molar-refractivity contribution in [1.29, 1.82) is 0 Å². The summed E-state index contributed by atoms with van der Waals surface area (Å²) >= 11 is 0. The second-order valence-corrected chi connectivity index (χ2v) is 4.95. The number of benzene rings is 1. The third kappa shape index (κ3) is 2.43. The first-order chi connectivity index (χ1) is 8.93. The number of aromatic nitrogens is 2. The van der Waals surface area contributed by atoms with Crippen molar-refractivity contribution in [3.63, 3.8) is 0 Å². The van der Waals surface area contributed by atoms with E-state index in [0.717, 1.165) is 23.4 Å². The van der Waals surface area contributed by atoms with Crippen molar-refractivity contribution in [2.75, 3.05) is 5.73 Å². The Kier molecular flexibility index (Phi) is 3.51. The SMILES string of the molecule is CCc1nn(C)c(Oc2cc(C)cc(C)c2C)c1N. The van der Waals surface area contributed by atoms with Gasteiger partial charge in [-0.3, -0.25) is 0 Å². The van der Waals surface area contributed by atoms with Gasteiger partial charge in [-0.2, -0.15) is 5.10 Å². The molecule has 0 spiro atoms. The first-order valence-corrected chi connectivity index (χ1v) is 6.51. The summed E-state index contributed by atoms with van der Waals surface area (Å²) < 4.78 is 7.69. The smallest absolute Gasteiger partial charge is 0.241 e. The second-order valence-electron chi connectivity index (χ2n) is 4.95. The van der Waals surface area contributed by atoms with Crippen molar-refractivity contribution in [3.05, 3.63) is 34.5 Å². The van der Waals surface area contributed by atoms with E-state index in [-0.39, 0.29) is 0 Å². The summed E-state index contributed by atoms with van der Waals surface area (Å²) in [5, 5.41) is 4.37. The molecule has 1 aromatic heterocycles. The maximum atomic E-state index is 6.08. The Bertz CT molecular complexity index is 614. The lowest BCUT2D eigenvalue weighted by molar-refractivity contribution is 0.429. The van der Waals surface area contributed by atoms with E-state index in [1.165, 1.54) is 11.1 Å². The number of rotatable bonds is 3. The number of nitrogens with zero attached hydrogens (tertiary/aromatic N) is 2. The molecule has 19 heavy (non-hydrogen) atoms. The van der Waals surface area contributed by atoms with Crippen molar-refractivity contribution in [2.24, 2.45) is 7.05 Å². The number of nitrogens with two attached hydrogens (primary N) is 1. The molecule has 0 amide bonds. The summed E-state index contributed by atoms with van der Waals surface area (Å²) in [5.74, 6) is 1.46. The Balaban J connectivity index is 2.44. The monoisotopic (exact) mass is 259 g/mol. The molecule has 2 rings (SSSR count). The number of hydrogen-bond donors (Lipinski definition) is 1. The van der Waals surface area contributed by atoms with E-state index in [0.29, 0.717) is 11.6 Å². The van der Waals surface area contributed by atoms with Gasteiger partial charge in [0.25, 0.3) is 0 Å². The van der Waals surface area contributed by atoms with Crippen LogP contribution in [0.25, 0.3) is 0 Å². The van der Waals surface area contributed by atoms with E-state index in [1.54, 1.807) is 4.68 Å². The van der Waals surface area contributed by atoms with Crippen LogP contribution < -0.4 is 10.5 Å². The molecule has 4 heteroatoms. The van der Waals surface area contributed by atoms with Crippen LogP contribution in [0, 0.1) is 20.8 Å². The van der Waals surface area contributed by atoms with Gasteiger partial charge in [0.15, 0.2) is 0 Å². The molecule has 0 saturated heterocycles. The summed E-state index contributed by atoms with van der Waals surface area (Å²) in [7, 11) is 1.85. The lowest BCUT2D eigenvalue weighted by atomic mass is 10.1. The molecule has 0 unspecified atom stereocenters. The lowest BCUT2D eigenvalue weighted by Crippen LogP contribution is -1.99. The zero-order valence-electron chi connectivity index (χ0n) is 12.2. The number of aryl methyl sites for hydroxylation is 4. The van der Waals surface area contributed by atoms with Crippen molar-refractivity contribution in [3.8, 4) is 11.6 Å². The van der Waals surface area contributed by atoms with Crippen molar-refractivity contribution in [2.45, 2.75) is 34.1 Å². The number of ether oxygens (including phenoxy) is 1. The second kappa shape index (κ2) is 4.96. The number of nitrogen functional groups attached to an aromatic ring is 1. The van der Waals surface area contributed by atoms with Crippen molar-refractivity contribution in [1.82, 2.24) is 9.78 Å². The molecule has 0 atom stereocenters. The van der Waals surface area contributed by atoms with E-state index >= 15 is 0 Å². The van der Waals surface area contributed by atoms with Gasteiger partial charge in [-0.1, -0.05) is 13.0 Å². The minimum Gasteiger partial charge on any atom is -0.437 e. The normalized spacial score (nSPS) is 10.8. The van der Waals surface area contributed by atoms with Crippen molar-refractivity contribution >= 4 is 5.69 Å². The largest absolute Gasteiger partial charge is 0.437 e. The van der Waals surface area contributed by atoms with Crippen LogP contribution >= 0.6 is 0 Å².